The summed E-state index contributed by atoms with van der Waals surface area (Å²) in [4.78, 5) is 27.5. The van der Waals surface area contributed by atoms with E-state index >= 15 is 0 Å². The minimum absolute atomic E-state index is 0.162. The maximum absolute atomic E-state index is 13.2. The number of anilines is 1. The normalized spacial score (nSPS) is 25.1. The smallest absolute Gasteiger partial charge is 0.245 e. The van der Waals surface area contributed by atoms with Gasteiger partial charge in [-0.1, -0.05) is 6.08 Å². The molecule has 2 saturated heterocycles. The van der Waals surface area contributed by atoms with Crippen molar-refractivity contribution in [2.24, 2.45) is 0 Å². The van der Waals surface area contributed by atoms with Gasteiger partial charge >= 0.3 is 0 Å². The molecule has 3 rings (SSSR count). The molecular weight excluding hydrogens is 309 g/mol. The zero-order valence-electron chi connectivity index (χ0n) is 14.3. The Balaban J connectivity index is 1.88. The van der Waals surface area contributed by atoms with Gasteiger partial charge in [-0.2, -0.15) is 0 Å². The Hall–Kier alpha value is -2.02. The van der Waals surface area contributed by atoms with E-state index in [1.54, 1.807) is 0 Å². The summed E-state index contributed by atoms with van der Waals surface area (Å²) in [5.74, 6) is 0.178. The first-order valence-corrected chi connectivity index (χ1v) is 8.37. The van der Waals surface area contributed by atoms with Crippen molar-refractivity contribution in [3.05, 3.63) is 30.9 Å². The van der Waals surface area contributed by atoms with E-state index in [0.29, 0.717) is 32.0 Å². The molecule has 0 N–H and O–H groups in total. The molecule has 130 valence electrons. The van der Waals surface area contributed by atoms with E-state index in [-0.39, 0.29) is 11.9 Å². The topological polar surface area (TPSA) is 52.6 Å². The Morgan fingerprint density at radius 3 is 2.67 bits per heavy atom. The first-order valence-electron chi connectivity index (χ1n) is 8.37. The Labute approximate surface area is 142 Å². The molecule has 24 heavy (non-hydrogen) atoms. The zero-order chi connectivity index (χ0) is 17.3. The van der Waals surface area contributed by atoms with E-state index in [1.165, 1.54) is 0 Å². The van der Waals surface area contributed by atoms with E-state index < -0.39 is 11.4 Å². The average molecular weight is 333 g/mol. The lowest BCUT2D eigenvalue weighted by Gasteiger charge is -2.48. The third-order valence-electron chi connectivity index (χ3n) is 4.99. The SMILES string of the molecule is C=CCN1CCN(C(C)C)C(=O)[C@]12CCN(c1ncc(F)cn1)C2. The van der Waals surface area contributed by atoms with Crippen LogP contribution in [0.15, 0.2) is 25.0 Å². The van der Waals surface area contributed by atoms with E-state index in [9.17, 15) is 9.18 Å². The van der Waals surface area contributed by atoms with Crippen molar-refractivity contribution < 1.29 is 9.18 Å². The quantitative estimate of drug-likeness (QED) is 0.778. The minimum Gasteiger partial charge on any atom is -0.338 e. The molecule has 0 radical (unpaired) electrons. The molecule has 1 amide bonds. The van der Waals surface area contributed by atoms with Crippen molar-refractivity contribution in [2.75, 3.05) is 37.6 Å². The Bertz CT molecular complexity index is 620. The molecule has 2 aliphatic heterocycles. The minimum atomic E-state index is -0.575. The molecule has 7 heteroatoms. The van der Waals surface area contributed by atoms with Crippen LogP contribution in [0.1, 0.15) is 20.3 Å². The maximum atomic E-state index is 13.2. The van der Waals surface area contributed by atoms with Gasteiger partial charge in [0.1, 0.15) is 5.54 Å². The summed E-state index contributed by atoms with van der Waals surface area (Å²) in [5, 5.41) is 0. The van der Waals surface area contributed by atoms with Gasteiger partial charge in [-0.15, -0.1) is 6.58 Å². The molecule has 2 aliphatic rings. The van der Waals surface area contributed by atoms with Crippen molar-refractivity contribution in [1.82, 2.24) is 19.8 Å². The number of piperazine rings is 1. The summed E-state index contributed by atoms with van der Waals surface area (Å²) >= 11 is 0. The molecular formula is C17H24FN5O. The molecule has 1 aromatic heterocycles. The van der Waals surface area contributed by atoms with Gasteiger partial charge in [-0.3, -0.25) is 9.69 Å². The predicted octanol–water partition coefficient (Wildman–Crippen LogP) is 1.30. The van der Waals surface area contributed by atoms with Gasteiger partial charge in [-0.25, -0.2) is 14.4 Å². The zero-order valence-corrected chi connectivity index (χ0v) is 14.3. The van der Waals surface area contributed by atoms with E-state index in [4.69, 9.17) is 0 Å². The molecule has 0 unspecified atom stereocenters. The number of aromatic nitrogens is 2. The van der Waals surface area contributed by atoms with Crippen molar-refractivity contribution in [2.45, 2.75) is 31.8 Å². The highest BCUT2D eigenvalue weighted by Crippen LogP contribution is 2.35. The van der Waals surface area contributed by atoms with Gasteiger partial charge in [0.25, 0.3) is 0 Å². The van der Waals surface area contributed by atoms with Gasteiger partial charge in [0.05, 0.1) is 12.4 Å². The van der Waals surface area contributed by atoms with Gasteiger partial charge in [0.2, 0.25) is 11.9 Å². The van der Waals surface area contributed by atoms with E-state index in [1.807, 2.05) is 29.7 Å². The van der Waals surface area contributed by atoms with Crippen LogP contribution in [0, 0.1) is 5.82 Å². The van der Waals surface area contributed by atoms with Gasteiger partial charge in [0.15, 0.2) is 5.82 Å². The second-order valence-electron chi connectivity index (χ2n) is 6.73. The summed E-state index contributed by atoms with van der Waals surface area (Å²) in [7, 11) is 0. The highest BCUT2D eigenvalue weighted by molar-refractivity contribution is 5.89. The van der Waals surface area contributed by atoms with Crippen LogP contribution in [0.2, 0.25) is 0 Å². The molecule has 0 saturated carbocycles. The Kier molecular flexibility index (Phi) is 4.54. The summed E-state index contributed by atoms with van der Waals surface area (Å²) in [6, 6.07) is 0.177. The monoisotopic (exact) mass is 333 g/mol. The second kappa shape index (κ2) is 6.47. The van der Waals surface area contributed by atoms with E-state index in [0.717, 1.165) is 25.5 Å². The lowest BCUT2D eigenvalue weighted by molar-refractivity contribution is -0.151. The highest BCUT2D eigenvalue weighted by atomic mass is 19.1. The number of hydrogen-bond donors (Lipinski definition) is 0. The molecule has 0 bridgehead atoms. The predicted molar refractivity (Wildman–Crippen MR) is 90.2 cm³/mol. The van der Waals surface area contributed by atoms with Crippen LogP contribution < -0.4 is 4.90 Å². The van der Waals surface area contributed by atoms with Crippen LogP contribution in [0.25, 0.3) is 0 Å². The van der Waals surface area contributed by atoms with Crippen LogP contribution in [-0.4, -0.2) is 70.0 Å². The standard InChI is InChI=1S/C17H24FN5O/c1-4-6-22-8-9-23(13(2)3)15(24)17(22)5-7-21(12-17)16-19-10-14(18)11-20-16/h4,10-11,13H,1,5-9,12H2,2-3H3/t17-/m1/s1. The molecule has 2 fully saturated rings. The van der Waals surface area contributed by atoms with Crippen LogP contribution in [0.4, 0.5) is 10.3 Å². The summed E-state index contributed by atoms with van der Waals surface area (Å²) in [6.07, 6.45) is 4.89. The number of rotatable bonds is 4. The maximum Gasteiger partial charge on any atom is 0.245 e. The number of hydrogen-bond acceptors (Lipinski definition) is 5. The number of carbonyl (C=O) groups excluding carboxylic acids is 1. The molecule has 6 nitrogen and oxygen atoms in total. The lowest BCUT2D eigenvalue weighted by atomic mass is 9.90. The fourth-order valence-electron chi connectivity index (χ4n) is 3.73. The van der Waals surface area contributed by atoms with Gasteiger partial charge < -0.3 is 9.80 Å². The fraction of sp³-hybridized carbons (Fsp3) is 0.588. The number of halogens is 1. The number of amides is 1. The van der Waals surface area contributed by atoms with Crippen molar-refractivity contribution in [3.8, 4) is 0 Å². The second-order valence-corrected chi connectivity index (χ2v) is 6.73. The van der Waals surface area contributed by atoms with Crippen molar-refractivity contribution >= 4 is 11.9 Å². The molecule has 1 aromatic rings. The number of nitrogens with zero attached hydrogens (tertiary/aromatic N) is 5. The largest absolute Gasteiger partial charge is 0.338 e. The lowest BCUT2D eigenvalue weighted by Crippen LogP contribution is -2.68. The van der Waals surface area contributed by atoms with Crippen molar-refractivity contribution in [3.63, 3.8) is 0 Å². The summed E-state index contributed by atoms with van der Waals surface area (Å²) in [6.45, 7) is 11.4. The number of carbonyl (C=O) groups is 1. The van der Waals surface area contributed by atoms with E-state index in [2.05, 4.69) is 21.4 Å². The first-order chi connectivity index (χ1) is 11.5. The van der Waals surface area contributed by atoms with Crippen LogP contribution in [0.3, 0.4) is 0 Å². The third-order valence-corrected chi connectivity index (χ3v) is 4.99. The average Bonchev–Trinajstić information content (AvgIpc) is 2.99. The molecule has 0 aromatic carbocycles. The summed E-state index contributed by atoms with van der Waals surface area (Å²) in [5.41, 5.74) is -0.575. The van der Waals surface area contributed by atoms with Crippen LogP contribution in [-0.2, 0) is 4.79 Å². The summed E-state index contributed by atoms with van der Waals surface area (Å²) < 4.78 is 13.1. The molecule has 3 heterocycles. The van der Waals surface area contributed by atoms with Crippen molar-refractivity contribution in [1.29, 1.82) is 0 Å². The Morgan fingerprint density at radius 1 is 1.33 bits per heavy atom. The Morgan fingerprint density at radius 2 is 2.04 bits per heavy atom. The molecule has 1 atom stereocenters. The van der Waals surface area contributed by atoms with Gasteiger partial charge in [-0.05, 0) is 20.3 Å². The fourth-order valence-corrected chi connectivity index (χ4v) is 3.73. The van der Waals surface area contributed by atoms with Crippen LogP contribution in [0.5, 0.6) is 0 Å². The highest BCUT2D eigenvalue weighted by Gasteiger charge is 2.53. The van der Waals surface area contributed by atoms with Gasteiger partial charge in [0, 0.05) is 38.8 Å². The molecule has 1 spiro atoms. The van der Waals surface area contributed by atoms with Crippen LogP contribution >= 0.6 is 0 Å². The third kappa shape index (κ3) is 2.77. The first kappa shape index (κ1) is 16.8. The molecule has 0 aliphatic carbocycles.